The number of aryl methyl sites for hydroxylation is 1. The summed E-state index contributed by atoms with van der Waals surface area (Å²) in [5.74, 6) is 0.505. The van der Waals surface area contributed by atoms with Gasteiger partial charge >= 0.3 is 0 Å². The highest BCUT2D eigenvalue weighted by atomic mass is 14.6. The van der Waals surface area contributed by atoms with Crippen molar-refractivity contribution in [3.8, 4) is 22.3 Å². The Kier molecular flexibility index (Phi) is 11.1. The first kappa shape index (κ1) is 30.3. The van der Waals surface area contributed by atoms with Gasteiger partial charge < -0.3 is 5.73 Å². The van der Waals surface area contributed by atoms with Gasteiger partial charge in [-0.1, -0.05) is 166 Å². The van der Waals surface area contributed by atoms with Crippen LogP contribution in [0.1, 0.15) is 49.9 Å². The second kappa shape index (κ2) is 15.4. The average Bonchev–Trinajstić information content (AvgIpc) is 3.04. The number of benzene rings is 5. The number of allylic oxidation sites excluding steroid dienone is 3. The summed E-state index contributed by atoms with van der Waals surface area (Å²) in [6.07, 6.45) is 6.40. The number of hydrogen-bond acceptors (Lipinski definition) is 1. The van der Waals surface area contributed by atoms with E-state index in [2.05, 4.69) is 143 Å². The lowest BCUT2D eigenvalue weighted by Gasteiger charge is -2.08. The van der Waals surface area contributed by atoms with Crippen molar-refractivity contribution < 1.29 is 0 Å². The Hall–Kier alpha value is -4.62. The van der Waals surface area contributed by atoms with Gasteiger partial charge in [0, 0.05) is 5.70 Å². The van der Waals surface area contributed by atoms with Crippen molar-refractivity contribution in [3.63, 3.8) is 0 Å². The van der Waals surface area contributed by atoms with Gasteiger partial charge in [-0.3, -0.25) is 0 Å². The van der Waals surface area contributed by atoms with Gasteiger partial charge in [0.05, 0.1) is 0 Å². The maximum absolute atomic E-state index is 5.86. The molecule has 0 saturated carbocycles. The number of rotatable bonds is 8. The fourth-order valence-corrected chi connectivity index (χ4v) is 4.88. The van der Waals surface area contributed by atoms with E-state index in [-0.39, 0.29) is 0 Å². The lowest BCUT2D eigenvalue weighted by Crippen LogP contribution is -1.97. The molecule has 0 amide bonds. The van der Waals surface area contributed by atoms with Crippen LogP contribution in [0.3, 0.4) is 0 Å². The van der Waals surface area contributed by atoms with Gasteiger partial charge in [0.1, 0.15) is 0 Å². The molecule has 2 N–H and O–H groups in total. The maximum atomic E-state index is 5.86. The van der Waals surface area contributed by atoms with E-state index in [4.69, 9.17) is 5.73 Å². The van der Waals surface area contributed by atoms with Crippen LogP contribution >= 0.6 is 0 Å². The normalized spacial score (nSPS) is 11.6. The molecule has 0 bridgehead atoms. The second-order valence-electron chi connectivity index (χ2n) is 11.0. The van der Waals surface area contributed by atoms with Crippen molar-refractivity contribution in [2.24, 2.45) is 11.7 Å². The largest absolute Gasteiger partial charge is 0.398 e. The summed E-state index contributed by atoms with van der Waals surface area (Å²) in [7, 11) is 0. The molecule has 1 nitrogen and oxygen atoms in total. The number of hydrogen-bond donors (Lipinski definition) is 1. The molecule has 1 heteroatoms. The van der Waals surface area contributed by atoms with Crippen molar-refractivity contribution in [2.45, 2.75) is 40.5 Å². The van der Waals surface area contributed by atoms with Crippen LogP contribution in [0.5, 0.6) is 0 Å². The second-order valence-corrected chi connectivity index (χ2v) is 11.0. The van der Waals surface area contributed by atoms with E-state index in [0.717, 1.165) is 24.1 Å². The first-order chi connectivity index (χ1) is 20.4. The lowest BCUT2D eigenvalue weighted by molar-refractivity contribution is 0.832. The molecule has 0 aromatic heterocycles. The van der Waals surface area contributed by atoms with Crippen molar-refractivity contribution in [1.29, 1.82) is 0 Å². The summed E-state index contributed by atoms with van der Waals surface area (Å²) in [4.78, 5) is 0. The zero-order chi connectivity index (χ0) is 29.7. The highest BCUT2D eigenvalue weighted by molar-refractivity contribution is 5.70. The summed E-state index contributed by atoms with van der Waals surface area (Å²) in [6, 6.07) is 47.2. The monoisotopic (exact) mass is 549 g/mol. The van der Waals surface area contributed by atoms with Crippen LogP contribution in [-0.4, -0.2) is 0 Å². The van der Waals surface area contributed by atoms with Crippen LogP contribution < -0.4 is 5.73 Å². The van der Waals surface area contributed by atoms with E-state index in [9.17, 15) is 0 Å². The highest BCUT2D eigenvalue weighted by Gasteiger charge is 2.02. The van der Waals surface area contributed by atoms with Crippen LogP contribution in [0.25, 0.3) is 33.5 Å². The molecule has 5 aromatic rings. The third-order valence-corrected chi connectivity index (χ3v) is 7.31. The third-order valence-electron chi connectivity index (χ3n) is 7.31. The first-order valence-corrected chi connectivity index (χ1v) is 15.0. The standard InChI is InChI=1S/C30H28.C11H15N/c1-3-24-9-7-13-29(21-24)30-14-8-10-25(22-30)16-15-23(2)26-17-19-28(20-18-26)27-11-5-4-6-12-27;1-9(2)8-11(12)10-6-4-3-5-7-10/h4-15,17-22H,3,16H2,1-2H3;3-9H,12H2,1-2H3/b23-15+;11-8+. The minimum Gasteiger partial charge on any atom is -0.398 e. The Morgan fingerprint density at radius 3 is 1.71 bits per heavy atom. The minimum atomic E-state index is 0.505. The molecule has 0 aliphatic rings. The van der Waals surface area contributed by atoms with Gasteiger partial charge in [0.2, 0.25) is 0 Å². The number of nitrogens with two attached hydrogens (primary N) is 1. The van der Waals surface area contributed by atoms with Crippen LogP contribution in [0.15, 0.2) is 146 Å². The van der Waals surface area contributed by atoms with Crippen LogP contribution in [0.4, 0.5) is 0 Å². The molecule has 0 spiro atoms. The van der Waals surface area contributed by atoms with Gasteiger partial charge in [-0.15, -0.1) is 0 Å². The zero-order valence-corrected chi connectivity index (χ0v) is 25.4. The van der Waals surface area contributed by atoms with Gasteiger partial charge in [-0.05, 0) is 75.8 Å². The molecule has 42 heavy (non-hydrogen) atoms. The smallest absolute Gasteiger partial charge is 0.0349 e. The summed E-state index contributed by atoms with van der Waals surface area (Å²) < 4.78 is 0. The molecule has 5 rings (SSSR count). The Morgan fingerprint density at radius 2 is 1.12 bits per heavy atom. The van der Waals surface area contributed by atoms with E-state index in [1.807, 2.05) is 30.3 Å². The molecule has 0 atom stereocenters. The fraction of sp³-hybridized carbons (Fsp3) is 0.171. The SMILES string of the molecule is CC(C)/C=C(/N)c1ccccc1.CCc1cccc(-c2cccc(C/C=C(\C)c3ccc(-c4ccccc4)cc3)c2)c1. The summed E-state index contributed by atoms with van der Waals surface area (Å²) in [5, 5.41) is 0. The van der Waals surface area contributed by atoms with Gasteiger partial charge in [-0.25, -0.2) is 0 Å². The minimum absolute atomic E-state index is 0.505. The molecule has 0 unspecified atom stereocenters. The van der Waals surface area contributed by atoms with Crippen molar-refractivity contribution in [1.82, 2.24) is 0 Å². The van der Waals surface area contributed by atoms with Crippen LogP contribution in [0.2, 0.25) is 0 Å². The predicted molar refractivity (Wildman–Crippen MR) is 184 cm³/mol. The third kappa shape index (κ3) is 8.94. The Bertz CT molecular complexity index is 1590. The summed E-state index contributed by atoms with van der Waals surface area (Å²) in [5.41, 5.74) is 18.3. The van der Waals surface area contributed by atoms with E-state index < -0.39 is 0 Å². The predicted octanol–water partition coefficient (Wildman–Crippen LogP) is 10.9. The van der Waals surface area contributed by atoms with Gasteiger partial charge in [-0.2, -0.15) is 0 Å². The molecule has 0 heterocycles. The van der Waals surface area contributed by atoms with Gasteiger partial charge in [0.15, 0.2) is 0 Å². The highest BCUT2D eigenvalue weighted by Crippen LogP contribution is 2.25. The zero-order valence-electron chi connectivity index (χ0n) is 25.4. The van der Waals surface area contributed by atoms with Crippen molar-refractivity contribution >= 4 is 11.3 Å². The summed E-state index contributed by atoms with van der Waals surface area (Å²) in [6.45, 7) is 8.65. The first-order valence-electron chi connectivity index (χ1n) is 15.0. The molecule has 0 aliphatic heterocycles. The molecular weight excluding hydrogens is 506 g/mol. The molecule has 0 aliphatic carbocycles. The van der Waals surface area contributed by atoms with Crippen molar-refractivity contribution in [2.75, 3.05) is 0 Å². The quantitative estimate of drug-likeness (QED) is 0.205. The fourth-order valence-electron chi connectivity index (χ4n) is 4.88. The molecule has 0 radical (unpaired) electrons. The molecule has 5 aromatic carbocycles. The van der Waals surface area contributed by atoms with Crippen molar-refractivity contribution in [3.05, 3.63) is 168 Å². The lowest BCUT2D eigenvalue weighted by atomic mass is 9.97. The maximum Gasteiger partial charge on any atom is 0.0349 e. The topological polar surface area (TPSA) is 26.0 Å². The molecule has 212 valence electrons. The van der Waals surface area contributed by atoms with E-state index in [0.29, 0.717) is 5.92 Å². The van der Waals surface area contributed by atoms with Gasteiger partial charge in [0.25, 0.3) is 0 Å². The average molecular weight is 550 g/mol. The molecular formula is C41H43N. The van der Waals surface area contributed by atoms with Crippen LogP contribution in [0, 0.1) is 5.92 Å². The summed E-state index contributed by atoms with van der Waals surface area (Å²) >= 11 is 0. The van der Waals surface area contributed by atoms with E-state index in [1.54, 1.807) is 0 Å². The Morgan fingerprint density at radius 1 is 0.595 bits per heavy atom. The molecule has 0 fully saturated rings. The van der Waals surface area contributed by atoms with Crippen LogP contribution in [-0.2, 0) is 12.8 Å². The molecule has 0 saturated heterocycles. The Balaban J connectivity index is 0.000000283. The van der Waals surface area contributed by atoms with E-state index >= 15 is 0 Å². The van der Waals surface area contributed by atoms with E-state index in [1.165, 1.54) is 44.5 Å². The Labute approximate surface area is 253 Å².